The Hall–Kier alpha value is -3.61. The highest BCUT2D eigenvalue weighted by Gasteiger charge is 2.53. The Morgan fingerprint density at radius 2 is 1.73 bits per heavy atom. The maximum atomic E-state index is 15.1. The van der Waals surface area contributed by atoms with E-state index in [2.05, 4.69) is 10.2 Å². The van der Waals surface area contributed by atoms with Crippen molar-refractivity contribution in [3.8, 4) is 11.5 Å². The van der Waals surface area contributed by atoms with Crippen molar-refractivity contribution in [2.45, 2.75) is 19.9 Å². The van der Waals surface area contributed by atoms with Crippen LogP contribution in [0.4, 0.5) is 27.6 Å². The third-order valence-electron chi connectivity index (χ3n) is 6.52. The standard InChI is InChI=1S/C24H20F5N5O2S/c1-13(35)32-9-24(10-32)11-33(12-24)23(37)34(16-4-5-17(25)19(27)7-16)8-15-3-2-14(6-18(15)26)21-30-31-22(36-21)20(28)29/h2-7,20H,8-12H2,1H3. The quantitative estimate of drug-likeness (QED) is 0.350. The van der Waals surface area contributed by atoms with Gasteiger partial charge in [-0.05, 0) is 36.5 Å². The van der Waals surface area contributed by atoms with Crippen LogP contribution in [-0.2, 0) is 11.3 Å². The first-order valence-electron chi connectivity index (χ1n) is 11.2. The van der Waals surface area contributed by atoms with Crippen LogP contribution in [0.15, 0.2) is 40.8 Å². The molecule has 13 heteroatoms. The van der Waals surface area contributed by atoms with Crippen LogP contribution in [0.5, 0.6) is 0 Å². The Bertz CT molecular complexity index is 1370. The van der Waals surface area contributed by atoms with Gasteiger partial charge in [0.25, 0.3) is 5.89 Å². The van der Waals surface area contributed by atoms with Crippen molar-refractivity contribution in [2.75, 3.05) is 31.1 Å². The smallest absolute Gasteiger partial charge is 0.314 e. The number of alkyl halides is 2. The molecule has 2 aliphatic rings. The van der Waals surface area contributed by atoms with Gasteiger partial charge < -0.3 is 19.1 Å². The summed E-state index contributed by atoms with van der Waals surface area (Å²) < 4.78 is 73.1. The number of carbonyl (C=O) groups excluding carboxylic acids is 1. The molecule has 2 saturated heterocycles. The molecule has 2 aliphatic heterocycles. The van der Waals surface area contributed by atoms with Gasteiger partial charge in [0.1, 0.15) is 5.82 Å². The molecule has 1 amide bonds. The van der Waals surface area contributed by atoms with E-state index < -0.39 is 29.8 Å². The van der Waals surface area contributed by atoms with Crippen LogP contribution in [-0.4, -0.2) is 57.2 Å². The van der Waals surface area contributed by atoms with E-state index in [0.717, 1.165) is 18.2 Å². The SMILES string of the molecule is CC(=O)N1CC2(C1)CN(C(=S)N(Cc1ccc(-c3nnc(C(F)F)o3)cc1F)c1ccc(F)c(F)c1)C2. The van der Waals surface area contributed by atoms with E-state index >= 15 is 4.39 Å². The van der Waals surface area contributed by atoms with Crippen molar-refractivity contribution in [2.24, 2.45) is 5.41 Å². The minimum Gasteiger partial charge on any atom is -0.415 e. The molecule has 3 aromatic rings. The molecular formula is C24H20F5N5O2S. The minimum atomic E-state index is -2.96. The Kier molecular flexibility index (Phi) is 6.34. The van der Waals surface area contributed by atoms with E-state index in [1.54, 1.807) is 4.90 Å². The summed E-state index contributed by atoms with van der Waals surface area (Å²) in [5.74, 6) is -3.96. The Morgan fingerprint density at radius 1 is 1.03 bits per heavy atom. The van der Waals surface area contributed by atoms with Crippen molar-refractivity contribution in [1.29, 1.82) is 0 Å². The van der Waals surface area contributed by atoms with Crippen molar-refractivity contribution in [3.63, 3.8) is 0 Å². The van der Waals surface area contributed by atoms with Gasteiger partial charge in [0, 0.05) is 61.4 Å². The van der Waals surface area contributed by atoms with Crippen LogP contribution in [0.25, 0.3) is 11.5 Å². The van der Waals surface area contributed by atoms with Crippen LogP contribution in [0.1, 0.15) is 24.8 Å². The summed E-state index contributed by atoms with van der Waals surface area (Å²) in [5, 5.41) is 7.04. The fourth-order valence-corrected chi connectivity index (χ4v) is 4.90. The number of halogens is 5. The number of aromatic nitrogens is 2. The fourth-order valence-electron chi connectivity index (χ4n) is 4.60. The van der Waals surface area contributed by atoms with E-state index in [9.17, 15) is 22.4 Å². The molecule has 1 spiro atoms. The number of nitrogens with zero attached hydrogens (tertiary/aromatic N) is 5. The minimum absolute atomic E-state index is 0.0000492. The Balaban J connectivity index is 1.37. The van der Waals surface area contributed by atoms with Crippen LogP contribution >= 0.6 is 12.2 Å². The molecule has 0 radical (unpaired) electrons. The number of thiocarbonyl (C=S) groups is 1. The van der Waals surface area contributed by atoms with Gasteiger partial charge in [-0.2, -0.15) is 8.78 Å². The first-order chi connectivity index (χ1) is 17.5. The van der Waals surface area contributed by atoms with E-state index in [4.69, 9.17) is 16.6 Å². The lowest BCUT2D eigenvalue weighted by Crippen LogP contribution is -2.74. The number of hydrogen-bond acceptors (Lipinski definition) is 5. The molecule has 3 heterocycles. The molecule has 0 saturated carbocycles. The van der Waals surface area contributed by atoms with Crippen LogP contribution < -0.4 is 4.90 Å². The van der Waals surface area contributed by atoms with Gasteiger partial charge in [0.15, 0.2) is 16.7 Å². The zero-order chi connectivity index (χ0) is 26.5. The second-order valence-electron chi connectivity index (χ2n) is 9.25. The zero-order valence-electron chi connectivity index (χ0n) is 19.4. The van der Waals surface area contributed by atoms with Crippen molar-refractivity contribution in [1.82, 2.24) is 20.0 Å². The third kappa shape index (κ3) is 4.75. The highest BCUT2D eigenvalue weighted by Crippen LogP contribution is 2.40. The number of carbonyl (C=O) groups is 1. The second kappa shape index (κ2) is 9.36. The van der Waals surface area contributed by atoms with E-state index in [0.29, 0.717) is 31.3 Å². The van der Waals surface area contributed by atoms with Gasteiger partial charge >= 0.3 is 6.43 Å². The van der Waals surface area contributed by atoms with Gasteiger partial charge in [-0.25, -0.2) is 13.2 Å². The summed E-state index contributed by atoms with van der Waals surface area (Å²) in [7, 11) is 0. The summed E-state index contributed by atoms with van der Waals surface area (Å²) in [6, 6.07) is 7.18. The maximum absolute atomic E-state index is 15.1. The normalized spacial score (nSPS) is 16.1. The number of rotatable bonds is 5. The van der Waals surface area contributed by atoms with Crippen LogP contribution in [0, 0.1) is 22.9 Å². The Morgan fingerprint density at radius 3 is 2.32 bits per heavy atom. The largest absolute Gasteiger partial charge is 0.415 e. The molecule has 1 aromatic heterocycles. The average molecular weight is 538 g/mol. The molecule has 7 nitrogen and oxygen atoms in total. The molecular weight excluding hydrogens is 517 g/mol. The lowest BCUT2D eigenvalue weighted by atomic mass is 9.73. The second-order valence-corrected chi connectivity index (χ2v) is 9.62. The predicted octanol–water partition coefficient (Wildman–Crippen LogP) is 4.55. The third-order valence-corrected chi connectivity index (χ3v) is 7.00. The van der Waals surface area contributed by atoms with Gasteiger partial charge in [0.2, 0.25) is 11.8 Å². The summed E-state index contributed by atoms with van der Waals surface area (Å²) in [4.78, 5) is 16.6. The van der Waals surface area contributed by atoms with Gasteiger partial charge in [0.05, 0.1) is 6.54 Å². The highest BCUT2D eigenvalue weighted by molar-refractivity contribution is 7.80. The van der Waals surface area contributed by atoms with Crippen molar-refractivity contribution in [3.05, 3.63) is 65.3 Å². The first-order valence-corrected chi connectivity index (χ1v) is 11.6. The molecule has 37 heavy (non-hydrogen) atoms. The molecule has 0 unspecified atom stereocenters. The monoisotopic (exact) mass is 537 g/mol. The summed E-state index contributed by atoms with van der Waals surface area (Å²) in [6.45, 7) is 3.76. The summed E-state index contributed by atoms with van der Waals surface area (Å²) in [5.41, 5.74) is 0.424. The number of amides is 1. The predicted molar refractivity (Wildman–Crippen MR) is 126 cm³/mol. The number of benzene rings is 2. The number of likely N-dealkylation sites (tertiary alicyclic amines) is 2. The molecule has 194 valence electrons. The summed E-state index contributed by atoms with van der Waals surface area (Å²) >= 11 is 5.66. The zero-order valence-corrected chi connectivity index (χ0v) is 20.2. The van der Waals surface area contributed by atoms with Gasteiger partial charge in [-0.1, -0.05) is 6.07 Å². The number of anilines is 1. The highest BCUT2D eigenvalue weighted by atomic mass is 32.1. The van der Waals surface area contributed by atoms with Gasteiger partial charge in [-0.3, -0.25) is 4.79 Å². The molecule has 5 rings (SSSR count). The Labute approximate surface area is 213 Å². The van der Waals surface area contributed by atoms with E-state index in [-0.39, 0.29) is 40.6 Å². The molecule has 2 fully saturated rings. The van der Waals surface area contributed by atoms with Crippen LogP contribution in [0.2, 0.25) is 0 Å². The average Bonchev–Trinajstić information content (AvgIpc) is 3.29. The molecule has 0 aliphatic carbocycles. The lowest BCUT2D eigenvalue weighted by molar-refractivity contribution is -0.150. The van der Waals surface area contributed by atoms with Gasteiger partial charge in [-0.15, -0.1) is 10.2 Å². The molecule has 2 aromatic carbocycles. The fraction of sp³-hybridized carbons (Fsp3) is 0.333. The van der Waals surface area contributed by atoms with E-state index in [1.165, 1.54) is 30.0 Å². The maximum Gasteiger partial charge on any atom is 0.314 e. The van der Waals surface area contributed by atoms with Crippen molar-refractivity contribution < 1.29 is 31.2 Å². The molecule has 0 N–H and O–H groups in total. The first kappa shape index (κ1) is 25.1. The lowest BCUT2D eigenvalue weighted by Gasteiger charge is -2.61. The van der Waals surface area contributed by atoms with E-state index in [1.807, 2.05) is 4.90 Å². The molecule has 0 bridgehead atoms. The number of hydrogen-bond donors (Lipinski definition) is 0. The van der Waals surface area contributed by atoms with Crippen LogP contribution in [0.3, 0.4) is 0 Å². The molecule has 0 atom stereocenters. The summed E-state index contributed by atoms with van der Waals surface area (Å²) in [6.07, 6.45) is -2.96. The van der Waals surface area contributed by atoms with Crippen molar-refractivity contribution >= 4 is 28.9 Å². The topological polar surface area (TPSA) is 65.7 Å².